The monoisotopic (exact) mass is 276 g/mol. The van der Waals surface area contributed by atoms with Crippen LogP contribution in [0, 0.1) is 0 Å². The lowest BCUT2D eigenvalue weighted by Crippen LogP contribution is -2.48. The molecule has 0 bridgehead atoms. The van der Waals surface area contributed by atoms with Gasteiger partial charge in [0, 0.05) is 13.7 Å². The summed E-state index contributed by atoms with van der Waals surface area (Å²) < 4.78 is 5.65. The van der Waals surface area contributed by atoms with E-state index >= 15 is 0 Å². The molecule has 1 aliphatic rings. The fourth-order valence-electron chi connectivity index (χ4n) is 2.36. The number of nitrogens with zero attached hydrogens (tertiary/aromatic N) is 1. The smallest absolute Gasteiger partial charge is 0.325 e. The summed E-state index contributed by atoms with van der Waals surface area (Å²) in [5, 5.41) is 2.36. The molecule has 5 nitrogen and oxygen atoms in total. The lowest BCUT2D eigenvalue weighted by Gasteiger charge is -2.32. The molecule has 108 valence electrons. The van der Waals surface area contributed by atoms with E-state index in [9.17, 15) is 9.59 Å². The predicted molar refractivity (Wildman–Crippen MR) is 75.1 cm³/mol. The number of hydrogen-bond donors (Lipinski definition) is 1. The van der Waals surface area contributed by atoms with E-state index in [0.29, 0.717) is 6.61 Å². The molecule has 0 radical (unpaired) electrons. The van der Waals surface area contributed by atoms with Crippen LogP contribution in [-0.2, 0) is 15.1 Å². The second kappa shape index (κ2) is 6.05. The standard InChI is InChI=1S/C15H20N2O3/c1-3-4-10-20-11-15(12-8-6-5-7-9-12)13(18)16-14(19)17(15)2/h5-9H,3-4,10-11H2,1-2H3,(H,16,18,19). The van der Waals surface area contributed by atoms with E-state index in [0.717, 1.165) is 18.4 Å². The van der Waals surface area contributed by atoms with Gasteiger partial charge in [0.25, 0.3) is 5.91 Å². The summed E-state index contributed by atoms with van der Waals surface area (Å²) >= 11 is 0. The minimum Gasteiger partial charge on any atom is -0.378 e. The lowest BCUT2D eigenvalue weighted by atomic mass is 9.89. The minimum absolute atomic E-state index is 0.172. The quantitative estimate of drug-likeness (QED) is 0.637. The number of urea groups is 1. The van der Waals surface area contributed by atoms with Gasteiger partial charge < -0.3 is 9.64 Å². The Kier molecular flexibility index (Phi) is 4.39. The van der Waals surface area contributed by atoms with Gasteiger partial charge in [0.05, 0.1) is 6.61 Å². The van der Waals surface area contributed by atoms with Gasteiger partial charge in [0.2, 0.25) is 0 Å². The molecule has 0 saturated carbocycles. The molecule has 5 heteroatoms. The SMILES string of the molecule is CCCCOCC1(c2ccccc2)C(=O)NC(=O)N1C. The third-order valence-corrected chi connectivity index (χ3v) is 3.68. The highest BCUT2D eigenvalue weighted by molar-refractivity contribution is 6.07. The number of imide groups is 1. The molecular formula is C15H20N2O3. The molecule has 1 aromatic rings. The van der Waals surface area contributed by atoms with Gasteiger partial charge in [0.15, 0.2) is 5.54 Å². The Balaban J connectivity index is 2.29. The van der Waals surface area contributed by atoms with Crippen molar-refractivity contribution in [1.82, 2.24) is 10.2 Å². The van der Waals surface area contributed by atoms with Gasteiger partial charge in [-0.25, -0.2) is 4.79 Å². The molecule has 0 aromatic heterocycles. The zero-order chi connectivity index (χ0) is 14.6. The van der Waals surface area contributed by atoms with E-state index in [1.54, 1.807) is 7.05 Å². The summed E-state index contributed by atoms with van der Waals surface area (Å²) in [6.45, 7) is 2.83. The number of carbonyl (C=O) groups excluding carboxylic acids is 2. The van der Waals surface area contributed by atoms with Gasteiger partial charge in [-0.2, -0.15) is 0 Å². The van der Waals surface area contributed by atoms with Crippen LogP contribution in [0.2, 0.25) is 0 Å². The van der Waals surface area contributed by atoms with E-state index in [1.807, 2.05) is 30.3 Å². The number of unbranched alkanes of at least 4 members (excludes halogenated alkanes) is 1. The van der Waals surface area contributed by atoms with Crippen molar-refractivity contribution in [2.45, 2.75) is 25.3 Å². The minimum atomic E-state index is -1.06. The van der Waals surface area contributed by atoms with Crippen molar-refractivity contribution < 1.29 is 14.3 Å². The molecule has 3 amide bonds. The molecule has 1 heterocycles. The fraction of sp³-hybridized carbons (Fsp3) is 0.467. The van der Waals surface area contributed by atoms with E-state index in [4.69, 9.17) is 4.74 Å². The molecule has 1 atom stereocenters. The van der Waals surface area contributed by atoms with Crippen LogP contribution in [0.15, 0.2) is 30.3 Å². The van der Waals surface area contributed by atoms with Crippen molar-refractivity contribution in [1.29, 1.82) is 0 Å². The van der Waals surface area contributed by atoms with Crippen LogP contribution in [0.4, 0.5) is 4.79 Å². The summed E-state index contributed by atoms with van der Waals surface area (Å²) in [5.74, 6) is -0.326. The molecule has 1 saturated heterocycles. The number of carbonyl (C=O) groups is 2. The lowest BCUT2D eigenvalue weighted by molar-refractivity contribution is -0.130. The van der Waals surface area contributed by atoms with E-state index in [-0.39, 0.29) is 12.5 Å². The molecular weight excluding hydrogens is 256 g/mol. The van der Waals surface area contributed by atoms with Gasteiger partial charge >= 0.3 is 6.03 Å². The number of ether oxygens (including phenoxy) is 1. The maximum absolute atomic E-state index is 12.3. The second-order valence-corrected chi connectivity index (χ2v) is 4.95. The van der Waals surface area contributed by atoms with Crippen LogP contribution < -0.4 is 5.32 Å². The maximum Gasteiger partial charge on any atom is 0.325 e. The first-order valence-corrected chi connectivity index (χ1v) is 6.85. The topological polar surface area (TPSA) is 58.6 Å². The van der Waals surface area contributed by atoms with E-state index in [1.165, 1.54) is 4.90 Å². The highest BCUT2D eigenvalue weighted by atomic mass is 16.5. The van der Waals surface area contributed by atoms with Crippen molar-refractivity contribution in [3.8, 4) is 0 Å². The summed E-state index contributed by atoms with van der Waals surface area (Å²) in [6.07, 6.45) is 1.96. The van der Waals surface area contributed by atoms with Crippen LogP contribution in [-0.4, -0.2) is 37.1 Å². The molecule has 1 aromatic carbocycles. The van der Waals surface area contributed by atoms with Crippen molar-refractivity contribution in [3.63, 3.8) is 0 Å². The fourth-order valence-corrected chi connectivity index (χ4v) is 2.36. The second-order valence-electron chi connectivity index (χ2n) is 4.95. The van der Waals surface area contributed by atoms with Crippen LogP contribution in [0.1, 0.15) is 25.3 Å². The Hall–Kier alpha value is -1.88. The van der Waals surface area contributed by atoms with Crippen LogP contribution in [0.3, 0.4) is 0 Å². The molecule has 0 aliphatic carbocycles. The number of benzene rings is 1. The number of rotatable bonds is 6. The Morgan fingerprint density at radius 3 is 2.50 bits per heavy atom. The van der Waals surface area contributed by atoms with Crippen LogP contribution in [0.5, 0.6) is 0 Å². The van der Waals surface area contributed by atoms with Crippen molar-refractivity contribution in [2.24, 2.45) is 0 Å². The zero-order valence-corrected chi connectivity index (χ0v) is 11.9. The summed E-state index contributed by atoms with van der Waals surface area (Å²) in [5.41, 5.74) is -0.297. The average Bonchev–Trinajstić information content (AvgIpc) is 2.68. The van der Waals surface area contributed by atoms with E-state index in [2.05, 4.69) is 12.2 Å². The zero-order valence-electron chi connectivity index (χ0n) is 11.9. The molecule has 1 aliphatic heterocycles. The van der Waals surface area contributed by atoms with Gasteiger partial charge in [0.1, 0.15) is 0 Å². The first-order chi connectivity index (χ1) is 9.63. The molecule has 20 heavy (non-hydrogen) atoms. The average molecular weight is 276 g/mol. The molecule has 1 N–H and O–H groups in total. The normalized spacial score (nSPS) is 22.2. The Morgan fingerprint density at radius 1 is 1.25 bits per heavy atom. The number of hydrogen-bond acceptors (Lipinski definition) is 3. The first kappa shape index (κ1) is 14.5. The molecule has 1 fully saturated rings. The third-order valence-electron chi connectivity index (χ3n) is 3.68. The summed E-state index contributed by atoms with van der Waals surface area (Å²) in [4.78, 5) is 25.6. The highest BCUT2D eigenvalue weighted by Crippen LogP contribution is 2.32. The van der Waals surface area contributed by atoms with Crippen molar-refractivity contribution in [2.75, 3.05) is 20.3 Å². The van der Waals surface area contributed by atoms with Gasteiger partial charge in [-0.05, 0) is 12.0 Å². The van der Waals surface area contributed by atoms with Crippen LogP contribution in [0.25, 0.3) is 0 Å². The van der Waals surface area contributed by atoms with Gasteiger partial charge in [-0.3, -0.25) is 10.1 Å². The highest BCUT2D eigenvalue weighted by Gasteiger charge is 2.52. The maximum atomic E-state index is 12.3. The third kappa shape index (κ3) is 2.41. The van der Waals surface area contributed by atoms with E-state index < -0.39 is 11.6 Å². The Labute approximate surface area is 118 Å². The van der Waals surface area contributed by atoms with Gasteiger partial charge in [-0.1, -0.05) is 43.7 Å². The first-order valence-electron chi connectivity index (χ1n) is 6.85. The summed E-state index contributed by atoms with van der Waals surface area (Å²) in [7, 11) is 1.62. The number of nitrogens with one attached hydrogen (secondary N) is 1. The van der Waals surface area contributed by atoms with Crippen molar-refractivity contribution >= 4 is 11.9 Å². The molecule has 1 unspecified atom stereocenters. The van der Waals surface area contributed by atoms with Crippen LogP contribution >= 0.6 is 0 Å². The van der Waals surface area contributed by atoms with Crippen molar-refractivity contribution in [3.05, 3.63) is 35.9 Å². The molecule has 2 rings (SSSR count). The predicted octanol–water partition coefficient (Wildman–Crippen LogP) is 1.88. The number of amides is 3. The summed E-state index contributed by atoms with van der Waals surface area (Å²) in [6, 6.07) is 8.89. The largest absolute Gasteiger partial charge is 0.378 e. The Morgan fingerprint density at radius 2 is 1.95 bits per heavy atom. The molecule has 0 spiro atoms. The number of likely N-dealkylation sites (N-methyl/N-ethyl adjacent to an activating group) is 1. The van der Waals surface area contributed by atoms with Gasteiger partial charge in [-0.15, -0.1) is 0 Å². The Bertz CT molecular complexity index is 489.